The van der Waals surface area contributed by atoms with Crippen LogP contribution in [0.5, 0.6) is 11.5 Å². The van der Waals surface area contributed by atoms with Crippen LogP contribution in [0.4, 0.5) is 5.69 Å². The third kappa shape index (κ3) is 2.73. The summed E-state index contributed by atoms with van der Waals surface area (Å²) < 4.78 is 17.0. The quantitative estimate of drug-likeness (QED) is 0.414. The Kier molecular flexibility index (Phi) is 4.84. The Morgan fingerprint density at radius 2 is 1.42 bits per heavy atom. The van der Waals surface area contributed by atoms with Crippen molar-refractivity contribution in [3.8, 4) is 11.5 Å². The molecule has 6 rings (SSSR count). The fourth-order valence-electron chi connectivity index (χ4n) is 5.67. The lowest BCUT2D eigenvalue weighted by atomic mass is 9.77. The van der Waals surface area contributed by atoms with Gasteiger partial charge in [0.25, 0.3) is 0 Å². The normalized spacial score (nSPS) is 23.8. The van der Waals surface area contributed by atoms with Gasteiger partial charge in [0.05, 0.1) is 37.8 Å². The van der Waals surface area contributed by atoms with E-state index in [2.05, 4.69) is 0 Å². The number of hydrogen-bond donors (Lipinski definition) is 0. The summed E-state index contributed by atoms with van der Waals surface area (Å²) in [5.41, 5.74) is -0.923. The number of amides is 2. The molecule has 0 unspecified atom stereocenters. The van der Waals surface area contributed by atoms with E-state index in [1.54, 1.807) is 66.7 Å². The fraction of sp³-hybridized carbons (Fsp3) is 0.214. The number of imide groups is 1. The lowest BCUT2D eigenvalue weighted by Crippen LogP contribution is -2.51. The molecule has 2 amide bonds. The Morgan fingerprint density at radius 3 is 2.03 bits per heavy atom. The molecule has 0 bridgehead atoms. The van der Waals surface area contributed by atoms with Crippen molar-refractivity contribution in [2.24, 2.45) is 11.8 Å². The van der Waals surface area contributed by atoms with Gasteiger partial charge >= 0.3 is 0 Å². The predicted octanol–water partition coefficient (Wildman–Crippen LogP) is 3.40. The van der Waals surface area contributed by atoms with Crippen LogP contribution in [-0.4, -0.2) is 43.2 Å². The fourth-order valence-corrected chi connectivity index (χ4v) is 5.67. The second-order valence-electron chi connectivity index (χ2n) is 8.94. The minimum absolute atomic E-state index is 0.190. The highest BCUT2D eigenvalue weighted by atomic mass is 16.5. The van der Waals surface area contributed by atoms with Gasteiger partial charge in [0.15, 0.2) is 0 Å². The van der Waals surface area contributed by atoms with Gasteiger partial charge in [0, 0.05) is 17.2 Å². The van der Waals surface area contributed by atoms with E-state index in [1.165, 1.54) is 14.2 Å². The number of ether oxygens (including phenoxy) is 3. The summed E-state index contributed by atoms with van der Waals surface area (Å²) in [6, 6.07) is 20.0. The Bertz CT molecular complexity index is 1410. The van der Waals surface area contributed by atoms with Crippen LogP contribution in [0.2, 0.25) is 0 Å². The van der Waals surface area contributed by atoms with Crippen LogP contribution in [0.1, 0.15) is 32.4 Å². The second-order valence-corrected chi connectivity index (χ2v) is 8.94. The number of Topliss-reactive ketones (excluding diaryl/α,β-unsaturated/α-hetero) is 2. The predicted molar refractivity (Wildman–Crippen MR) is 127 cm³/mol. The number of rotatable bonds is 4. The molecule has 2 fully saturated rings. The van der Waals surface area contributed by atoms with Crippen LogP contribution < -0.4 is 14.4 Å². The Balaban J connectivity index is 1.54. The third-order valence-corrected chi connectivity index (χ3v) is 7.27. The number of hydrogen-bond acceptors (Lipinski definition) is 7. The van der Waals surface area contributed by atoms with Gasteiger partial charge in [-0.15, -0.1) is 0 Å². The van der Waals surface area contributed by atoms with Crippen molar-refractivity contribution in [3.05, 3.63) is 89.5 Å². The molecule has 3 atom stereocenters. The highest BCUT2D eigenvalue weighted by Crippen LogP contribution is 2.58. The summed E-state index contributed by atoms with van der Waals surface area (Å²) >= 11 is 0. The standard InChI is InChI=1S/C28H21NO7/c1-34-16-12-13-19(20(14-16)35-2)29-26(32)21-22(27(29)33)28(36-23(21)15-8-4-3-5-9-15)24(30)17-10-6-7-11-18(17)25(28)31/h3-14,21-23H,1-2H3/t21-,22-,23-/m1/s1. The molecule has 36 heavy (non-hydrogen) atoms. The van der Waals surface area contributed by atoms with E-state index in [0.717, 1.165) is 4.90 Å². The van der Waals surface area contributed by atoms with E-state index in [0.29, 0.717) is 11.3 Å². The molecule has 0 radical (unpaired) electrons. The molecular weight excluding hydrogens is 462 g/mol. The molecule has 3 aromatic carbocycles. The molecule has 180 valence electrons. The van der Waals surface area contributed by atoms with E-state index < -0.39 is 46.9 Å². The molecule has 8 nitrogen and oxygen atoms in total. The largest absolute Gasteiger partial charge is 0.497 e. The van der Waals surface area contributed by atoms with Gasteiger partial charge in [-0.3, -0.25) is 19.2 Å². The number of anilines is 1. The Labute approximate surface area is 206 Å². The average Bonchev–Trinajstić information content (AvgIpc) is 3.48. The zero-order chi connectivity index (χ0) is 25.2. The number of benzene rings is 3. The van der Waals surface area contributed by atoms with Gasteiger partial charge in [-0.1, -0.05) is 54.6 Å². The van der Waals surface area contributed by atoms with E-state index in [9.17, 15) is 19.2 Å². The molecule has 0 saturated carbocycles. The molecule has 8 heteroatoms. The molecule has 2 heterocycles. The number of carbonyl (C=O) groups excluding carboxylic acids is 4. The van der Waals surface area contributed by atoms with Crippen molar-refractivity contribution in [1.82, 2.24) is 0 Å². The van der Waals surface area contributed by atoms with E-state index in [-0.39, 0.29) is 22.6 Å². The third-order valence-electron chi connectivity index (χ3n) is 7.27. The Hall–Kier alpha value is -4.30. The maximum Gasteiger partial charge on any atom is 0.241 e. The summed E-state index contributed by atoms with van der Waals surface area (Å²) in [7, 11) is 2.91. The molecule has 2 aliphatic heterocycles. The molecule has 0 aromatic heterocycles. The zero-order valence-corrected chi connectivity index (χ0v) is 19.5. The zero-order valence-electron chi connectivity index (χ0n) is 19.5. The van der Waals surface area contributed by atoms with Crippen LogP contribution in [-0.2, 0) is 14.3 Å². The number of fused-ring (bicyclic) bond motifs is 3. The van der Waals surface area contributed by atoms with Gasteiger partial charge < -0.3 is 14.2 Å². The lowest BCUT2D eigenvalue weighted by molar-refractivity contribution is -0.127. The molecule has 1 aliphatic carbocycles. The topological polar surface area (TPSA) is 99.2 Å². The Morgan fingerprint density at radius 1 is 0.778 bits per heavy atom. The minimum Gasteiger partial charge on any atom is -0.497 e. The molecular formula is C28H21NO7. The van der Waals surface area contributed by atoms with Crippen LogP contribution in [0.3, 0.4) is 0 Å². The first-order valence-electron chi connectivity index (χ1n) is 11.4. The first-order valence-corrected chi connectivity index (χ1v) is 11.4. The highest BCUT2D eigenvalue weighted by molar-refractivity contribution is 6.37. The van der Waals surface area contributed by atoms with Crippen LogP contribution >= 0.6 is 0 Å². The van der Waals surface area contributed by atoms with Crippen LogP contribution in [0, 0.1) is 11.8 Å². The van der Waals surface area contributed by atoms with Crippen LogP contribution in [0.15, 0.2) is 72.8 Å². The molecule has 2 saturated heterocycles. The van der Waals surface area contributed by atoms with Crippen molar-refractivity contribution >= 4 is 29.1 Å². The average molecular weight is 483 g/mol. The molecule has 3 aliphatic rings. The van der Waals surface area contributed by atoms with Crippen molar-refractivity contribution in [1.29, 1.82) is 0 Å². The number of methoxy groups -OCH3 is 2. The maximum absolute atomic E-state index is 14.0. The maximum atomic E-state index is 14.0. The minimum atomic E-state index is -2.12. The number of ketones is 2. The van der Waals surface area contributed by atoms with E-state index >= 15 is 0 Å². The summed E-state index contributed by atoms with van der Waals surface area (Å²) in [6.07, 6.45) is -0.968. The summed E-state index contributed by atoms with van der Waals surface area (Å²) in [4.78, 5) is 56.6. The smallest absolute Gasteiger partial charge is 0.241 e. The van der Waals surface area contributed by atoms with Crippen molar-refractivity contribution in [2.75, 3.05) is 19.1 Å². The van der Waals surface area contributed by atoms with E-state index in [1.807, 2.05) is 6.07 Å². The first-order chi connectivity index (χ1) is 17.4. The summed E-state index contributed by atoms with van der Waals surface area (Å²) in [6.45, 7) is 0. The van der Waals surface area contributed by atoms with E-state index in [4.69, 9.17) is 14.2 Å². The van der Waals surface area contributed by atoms with Gasteiger partial charge in [0.1, 0.15) is 11.5 Å². The number of carbonyl (C=O) groups is 4. The molecule has 3 aromatic rings. The van der Waals surface area contributed by atoms with Gasteiger partial charge in [-0.25, -0.2) is 4.90 Å². The SMILES string of the molecule is COc1ccc(N2C(=O)[C@H]3[C@@H](c4ccccc4)OC4(C(=O)c5ccccc5C4=O)[C@H]3C2=O)c(OC)c1. The van der Waals surface area contributed by atoms with Crippen molar-refractivity contribution in [3.63, 3.8) is 0 Å². The van der Waals surface area contributed by atoms with Gasteiger partial charge in [-0.2, -0.15) is 0 Å². The van der Waals surface area contributed by atoms with Gasteiger partial charge in [-0.05, 0) is 17.7 Å². The highest BCUT2D eigenvalue weighted by Gasteiger charge is 2.74. The molecule has 1 spiro atoms. The van der Waals surface area contributed by atoms with Crippen molar-refractivity contribution in [2.45, 2.75) is 11.7 Å². The first kappa shape index (κ1) is 22.2. The van der Waals surface area contributed by atoms with Crippen LogP contribution in [0.25, 0.3) is 0 Å². The molecule has 0 N–H and O–H groups in total. The lowest BCUT2D eigenvalue weighted by Gasteiger charge is -2.27. The summed E-state index contributed by atoms with van der Waals surface area (Å²) in [5, 5.41) is 0. The van der Waals surface area contributed by atoms with Crippen molar-refractivity contribution < 1.29 is 33.4 Å². The van der Waals surface area contributed by atoms with Gasteiger partial charge in [0.2, 0.25) is 29.0 Å². The monoisotopic (exact) mass is 483 g/mol. The second kappa shape index (κ2) is 7.86. The number of nitrogens with zero attached hydrogens (tertiary/aromatic N) is 1. The summed E-state index contributed by atoms with van der Waals surface area (Å²) in [5.74, 6) is -4.11.